The summed E-state index contributed by atoms with van der Waals surface area (Å²) in [5, 5.41) is 0. The Morgan fingerprint density at radius 3 is 2.53 bits per heavy atom. The maximum Gasteiger partial charge on any atom is 0.175 e. The first-order valence-corrected chi connectivity index (χ1v) is 6.96. The molecule has 0 saturated heterocycles. The lowest BCUT2D eigenvalue weighted by molar-refractivity contribution is 0.261. The number of rotatable bonds is 5. The molecule has 1 aromatic carbocycles. The molecule has 17 heavy (non-hydrogen) atoms. The smallest absolute Gasteiger partial charge is 0.175 e. The largest absolute Gasteiger partial charge is 0.494 e. The summed E-state index contributed by atoms with van der Waals surface area (Å²) in [7, 11) is -3.58. The first-order chi connectivity index (χ1) is 7.90. The summed E-state index contributed by atoms with van der Waals surface area (Å²) in [4.78, 5) is -0.203. The molecule has 0 aliphatic heterocycles. The minimum absolute atomic E-state index is 0.194. The second kappa shape index (κ2) is 5.44. The lowest BCUT2D eigenvalue weighted by Crippen LogP contribution is -2.06. The summed E-state index contributed by atoms with van der Waals surface area (Å²) in [6.07, 6.45) is -1.00. The van der Waals surface area contributed by atoms with Crippen molar-refractivity contribution in [1.29, 1.82) is 0 Å². The van der Waals surface area contributed by atoms with E-state index in [0.29, 0.717) is 12.4 Å². The lowest BCUT2D eigenvalue weighted by Gasteiger charge is -2.12. The normalized spacial score (nSPS) is 13.4. The Balaban J connectivity index is 3.32. The highest BCUT2D eigenvalue weighted by molar-refractivity contribution is 7.90. The fourth-order valence-electron chi connectivity index (χ4n) is 1.45. The van der Waals surface area contributed by atoms with Crippen molar-refractivity contribution in [2.24, 2.45) is 0 Å². The van der Waals surface area contributed by atoms with Crippen molar-refractivity contribution >= 4 is 9.84 Å². The van der Waals surface area contributed by atoms with Gasteiger partial charge in [0.05, 0.1) is 11.5 Å². The molecule has 6 heteroatoms. The second-order valence-corrected chi connectivity index (χ2v) is 5.51. The number of sulfone groups is 1. The standard InChI is InChI=1S/C11H14F2O3S/c1-3-16-8-4-5-11(17(2,14)15)9(6-8)10(13)7-12/h4-6,10H,3,7H2,1-2H3. The Kier molecular flexibility index (Phi) is 4.45. The van der Waals surface area contributed by atoms with E-state index in [0.717, 1.165) is 6.26 Å². The van der Waals surface area contributed by atoms with Crippen LogP contribution in [0.15, 0.2) is 23.1 Å². The summed E-state index contributed by atoms with van der Waals surface area (Å²) in [5.41, 5.74) is -0.194. The summed E-state index contributed by atoms with van der Waals surface area (Å²) in [5.74, 6) is 0.325. The predicted molar refractivity (Wildman–Crippen MR) is 60.5 cm³/mol. The molecule has 0 heterocycles. The number of ether oxygens (including phenoxy) is 1. The summed E-state index contributed by atoms with van der Waals surface area (Å²) < 4.78 is 53.7. The van der Waals surface area contributed by atoms with E-state index in [1.54, 1.807) is 6.92 Å². The molecule has 0 saturated carbocycles. The second-order valence-electron chi connectivity index (χ2n) is 3.53. The summed E-state index contributed by atoms with van der Waals surface area (Å²) >= 11 is 0. The topological polar surface area (TPSA) is 43.4 Å². The van der Waals surface area contributed by atoms with Gasteiger partial charge in [-0.2, -0.15) is 0 Å². The van der Waals surface area contributed by atoms with Gasteiger partial charge in [-0.3, -0.25) is 0 Å². The van der Waals surface area contributed by atoms with E-state index < -0.39 is 22.7 Å². The average Bonchev–Trinajstić information content (AvgIpc) is 2.27. The van der Waals surface area contributed by atoms with Crippen LogP contribution in [0.5, 0.6) is 5.75 Å². The SMILES string of the molecule is CCOc1ccc(S(C)(=O)=O)c(C(F)CF)c1. The molecule has 1 rings (SSSR count). The van der Waals surface area contributed by atoms with Gasteiger partial charge in [-0.25, -0.2) is 17.2 Å². The maximum absolute atomic E-state index is 13.4. The number of alkyl halides is 2. The molecule has 0 fully saturated rings. The molecule has 0 aliphatic carbocycles. The molecule has 0 spiro atoms. The van der Waals surface area contributed by atoms with Crippen molar-refractivity contribution in [1.82, 2.24) is 0 Å². The van der Waals surface area contributed by atoms with Gasteiger partial charge in [0.1, 0.15) is 12.4 Å². The Labute approximate surface area is 99.3 Å². The molecule has 96 valence electrons. The molecule has 1 unspecified atom stereocenters. The molecule has 0 aliphatic rings. The van der Waals surface area contributed by atoms with Crippen molar-refractivity contribution in [2.75, 3.05) is 19.5 Å². The molecular formula is C11H14F2O3S. The van der Waals surface area contributed by atoms with Crippen LogP contribution in [-0.4, -0.2) is 28.0 Å². The van der Waals surface area contributed by atoms with Gasteiger partial charge in [0, 0.05) is 11.8 Å². The van der Waals surface area contributed by atoms with E-state index in [4.69, 9.17) is 4.74 Å². The van der Waals surface area contributed by atoms with Crippen LogP contribution in [0.25, 0.3) is 0 Å². The highest BCUT2D eigenvalue weighted by atomic mass is 32.2. The van der Waals surface area contributed by atoms with Crippen LogP contribution in [0.2, 0.25) is 0 Å². The van der Waals surface area contributed by atoms with Gasteiger partial charge in [0.15, 0.2) is 16.0 Å². The van der Waals surface area contributed by atoms with Crippen molar-refractivity contribution in [2.45, 2.75) is 18.0 Å². The van der Waals surface area contributed by atoms with Crippen molar-refractivity contribution < 1.29 is 21.9 Å². The van der Waals surface area contributed by atoms with Gasteiger partial charge in [0.2, 0.25) is 0 Å². The Bertz CT molecular complexity index is 485. The molecule has 1 aromatic rings. The van der Waals surface area contributed by atoms with Crippen LogP contribution in [-0.2, 0) is 9.84 Å². The van der Waals surface area contributed by atoms with Crippen LogP contribution in [0.1, 0.15) is 18.7 Å². The van der Waals surface area contributed by atoms with Crippen LogP contribution in [0.3, 0.4) is 0 Å². The monoisotopic (exact) mass is 264 g/mol. The number of halogens is 2. The zero-order valence-corrected chi connectivity index (χ0v) is 10.4. The average molecular weight is 264 g/mol. The Hall–Kier alpha value is -1.17. The van der Waals surface area contributed by atoms with Gasteiger partial charge < -0.3 is 4.74 Å². The summed E-state index contributed by atoms with van der Waals surface area (Å²) in [6, 6.07) is 3.89. The molecule has 1 atom stereocenters. The molecule has 0 bridgehead atoms. The van der Waals surface area contributed by atoms with Crippen LogP contribution < -0.4 is 4.74 Å². The Morgan fingerprint density at radius 2 is 2.06 bits per heavy atom. The number of benzene rings is 1. The molecule has 3 nitrogen and oxygen atoms in total. The molecule has 0 aromatic heterocycles. The van der Waals surface area contributed by atoms with Crippen molar-refractivity contribution in [3.05, 3.63) is 23.8 Å². The number of hydrogen-bond acceptors (Lipinski definition) is 3. The van der Waals surface area contributed by atoms with E-state index in [9.17, 15) is 17.2 Å². The van der Waals surface area contributed by atoms with Crippen molar-refractivity contribution in [3.8, 4) is 5.75 Å². The van der Waals surface area contributed by atoms with E-state index in [2.05, 4.69) is 0 Å². The highest BCUT2D eigenvalue weighted by Crippen LogP contribution is 2.29. The van der Waals surface area contributed by atoms with Crippen molar-refractivity contribution in [3.63, 3.8) is 0 Å². The quantitative estimate of drug-likeness (QED) is 0.820. The minimum Gasteiger partial charge on any atom is -0.494 e. The molecule has 0 radical (unpaired) electrons. The van der Waals surface area contributed by atoms with E-state index in [-0.39, 0.29) is 10.5 Å². The van der Waals surface area contributed by atoms with E-state index >= 15 is 0 Å². The van der Waals surface area contributed by atoms with Crippen LogP contribution in [0, 0.1) is 0 Å². The van der Waals surface area contributed by atoms with Gasteiger partial charge in [-0.15, -0.1) is 0 Å². The fraction of sp³-hybridized carbons (Fsp3) is 0.455. The van der Waals surface area contributed by atoms with E-state index in [1.807, 2.05) is 0 Å². The summed E-state index contributed by atoms with van der Waals surface area (Å²) in [6.45, 7) is 0.842. The Morgan fingerprint density at radius 1 is 1.41 bits per heavy atom. The third-order valence-corrected chi connectivity index (χ3v) is 3.34. The first-order valence-electron chi connectivity index (χ1n) is 5.07. The van der Waals surface area contributed by atoms with Gasteiger partial charge >= 0.3 is 0 Å². The third-order valence-electron chi connectivity index (χ3n) is 2.16. The molecule has 0 amide bonds. The molecular weight excluding hydrogens is 250 g/mol. The van der Waals surface area contributed by atoms with E-state index in [1.165, 1.54) is 18.2 Å². The zero-order chi connectivity index (χ0) is 13.1. The fourth-order valence-corrected chi connectivity index (χ4v) is 2.38. The first kappa shape index (κ1) is 13.9. The third kappa shape index (κ3) is 3.39. The van der Waals surface area contributed by atoms with Crippen LogP contribution >= 0.6 is 0 Å². The predicted octanol–water partition coefficient (Wildman–Crippen LogP) is 2.47. The maximum atomic E-state index is 13.4. The zero-order valence-electron chi connectivity index (χ0n) is 9.61. The molecule has 0 N–H and O–H groups in total. The van der Waals surface area contributed by atoms with Gasteiger partial charge in [-0.05, 0) is 25.1 Å². The minimum atomic E-state index is -3.58. The number of hydrogen-bond donors (Lipinski definition) is 0. The van der Waals surface area contributed by atoms with Crippen LogP contribution in [0.4, 0.5) is 8.78 Å². The lowest BCUT2D eigenvalue weighted by atomic mass is 10.1. The highest BCUT2D eigenvalue weighted by Gasteiger charge is 2.21. The van der Waals surface area contributed by atoms with Gasteiger partial charge in [-0.1, -0.05) is 0 Å². The van der Waals surface area contributed by atoms with Gasteiger partial charge in [0.25, 0.3) is 0 Å².